The molecule has 0 saturated carbocycles. The number of likely N-dealkylation sites (tertiary alicyclic amines) is 1. The number of nitrogens with one attached hydrogen (secondary N) is 1. The van der Waals surface area contributed by atoms with E-state index >= 15 is 0 Å². The molecular formula is C17H23ClN4S. The molecule has 4 nitrogen and oxygen atoms in total. The molecule has 3 rings (SSSR count). The highest BCUT2D eigenvalue weighted by Gasteiger charge is 2.19. The fourth-order valence-electron chi connectivity index (χ4n) is 2.96. The summed E-state index contributed by atoms with van der Waals surface area (Å²) in [7, 11) is 0. The lowest BCUT2D eigenvalue weighted by atomic mass is 9.97. The Morgan fingerprint density at radius 1 is 1.26 bits per heavy atom. The van der Waals surface area contributed by atoms with Crippen LogP contribution in [0, 0.1) is 19.8 Å². The minimum absolute atomic E-state index is 0.433. The first kappa shape index (κ1) is 16.7. The van der Waals surface area contributed by atoms with Crippen molar-refractivity contribution in [3.05, 3.63) is 38.7 Å². The Hall–Kier alpha value is -1.17. The van der Waals surface area contributed by atoms with Crippen molar-refractivity contribution in [2.24, 2.45) is 5.92 Å². The molecule has 124 valence electrons. The number of rotatable bonds is 5. The molecule has 0 aliphatic carbocycles. The van der Waals surface area contributed by atoms with Gasteiger partial charge in [0.15, 0.2) is 5.15 Å². The molecule has 23 heavy (non-hydrogen) atoms. The highest BCUT2D eigenvalue weighted by atomic mass is 35.5. The van der Waals surface area contributed by atoms with Crippen LogP contribution >= 0.6 is 22.9 Å². The maximum Gasteiger partial charge on any atom is 0.151 e. The van der Waals surface area contributed by atoms with Crippen LogP contribution in [0.5, 0.6) is 0 Å². The topological polar surface area (TPSA) is 41.0 Å². The van der Waals surface area contributed by atoms with Gasteiger partial charge in [0.25, 0.3) is 0 Å². The molecule has 6 heteroatoms. The van der Waals surface area contributed by atoms with E-state index in [9.17, 15) is 0 Å². The molecule has 0 unspecified atom stereocenters. The minimum Gasteiger partial charge on any atom is -0.368 e. The number of hydrogen-bond acceptors (Lipinski definition) is 5. The summed E-state index contributed by atoms with van der Waals surface area (Å²) in [4.78, 5) is 5.51. The second-order valence-corrected chi connectivity index (χ2v) is 8.02. The van der Waals surface area contributed by atoms with Gasteiger partial charge in [0.2, 0.25) is 0 Å². The summed E-state index contributed by atoms with van der Waals surface area (Å²) in [6, 6.07) is 5.99. The Labute approximate surface area is 146 Å². The van der Waals surface area contributed by atoms with E-state index in [1.54, 1.807) is 6.07 Å². The zero-order chi connectivity index (χ0) is 16.2. The number of nitrogens with zero attached hydrogens (tertiary/aromatic N) is 3. The lowest BCUT2D eigenvalue weighted by molar-refractivity contribution is 0.183. The fourth-order valence-corrected chi connectivity index (χ4v) is 4.15. The number of aryl methyl sites for hydroxylation is 2. The number of hydrogen-bond donors (Lipinski definition) is 1. The Morgan fingerprint density at radius 3 is 2.65 bits per heavy atom. The lowest BCUT2D eigenvalue weighted by Crippen LogP contribution is -2.35. The first-order valence-electron chi connectivity index (χ1n) is 8.11. The van der Waals surface area contributed by atoms with Crippen LogP contribution < -0.4 is 5.32 Å². The highest BCUT2D eigenvalue weighted by Crippen LogP contribution is 2.25. The molecule has 0 radical (unpaired) electrons. The Bertz CT molecular complexity index is 613. The van der Waals surface area contributed by atoms with Gasteiger partial charge in [-0.25, -0.2) is 0 Å². The second kappa shape index (κ2) is 7.60. The maximum atomic E-state index is 5.75. The van der Waals surface area contributed by atoms with E-state index in [0.717, 1.165) is 18.9 Å². The maximum absolute atomic E-state index is 5.75. The van der Waals surface area contributed by atoms with Gasteiger partial charge in [0.1, 0.15) is 5.82 Å². The molecule has 0 spiro atoms. The van der Waals surface area contributed by atoms with Gasteiger partial charge in [0.05, 0.1) is 0 Å². The van der Waals surface area contributed by atoms with Gasteiger partial charge in [-0.05, 0) is 69.5 Å². The minimum atomic E-state index is 0.433. The second-order valence-electron chi connectivity index (χ2n) is 6.29. The summed E-state index contributed by atoms with van der Waals surface area (Å²) in [5, 5.41) is 11.7. The zero-order valence-electron chi connectivity index (χ0n) is 13.7. The molecule has 0 atom stereocenters. The molecule has 2 aromatic rings. The smallest absolute Gasteiger partial charge is 0.151 e. The van der Waals surface area contributed by atoms with E-state index < -0.39 is 0 Å². The third-order valence-corrected chi connectivity index (χ3v) is 5.85. The number of piperidine rings is 1. The van der Waals surface area contributed by atoms with E-state index in [4.69, 9.17) is 11.6 Å². The van der Waals surface area contributed by atoms with Crippen molar-refractivity contribution in [2.45, 2.75) is 33.2 Å². The van der Waals surface area contributed by atoms with E-state index in [0.29, 0.717) is 11.1 Å². The third kappa shape index (κ3) is 4.66. The van der Waals surface area contributed by atoms with E-state index in [1.165, 1.54) is 41.2 Å². The molecule has 0 bridgehead atoms. The van der Waals surface area contributed by atoms with Gasteiger partial charge >= 0.3 is 0 Å². The third-order valence-electron chi connectivity index (χ3n) is 4.51. The van der Waals surface area contributed by atoms with Crippen LogP contribution in [0.25, 0.3) is 0 Å². The van der Waals surface area contributed by atoms with Crippen molar-refractivity contribution >= 4 is 28.8 Å². The van der Waals surface area contributed by atoms with Crippen molar-refractivity contribution in [3.63, 3.8) is 0 Å². The normalized spacial score (nSPS) is 16.7. The quantitative estimate of drug-likeness (QED) is 0.880. The van der Waals surface area contributed by atoms with Crippen LogP contribution in [0.1, 0.15) is 28.2 Å². The van der Waals surface area contributed by atoms with E-state index in [1.807, 2.05) is 17.4 Å². The van der Waals surface area contributed by atoms with Gasteiger partial charge in [-0.3, -0.25) is 4.90 Å². The first-order chi connectivity index (χ1) is 11.1. The van der Waals surface area contributed by atoms with Gasteiger partial charge < -0.3 is 5.32 Å². The predicted molar refractivity (Wildman–Crippen MR) is 97.3 cm³/mol. The first-order valence-corrected chi connectivity index (χ1v) is 9.31. The Balaban J connectivity index is 1.42. The Kier molecular flexibility index (Phi) is 5.51. The lowest BCUT2D eigenvalue weighted by Gasteiger charge is -2.31. The molecule has 3 heterocycles. The molecule has 1 fully saturated rings. The average molecular weight is 351 g/mol. The number of halogens is 1. The molecule has 1 aliphatic heterocycles. The molecule has 1 N–H and O–H groups in total. The van der Waals surface area contributed by atoms with Crippen molar-refractivity contribution < 1.29 is 0 Å². The Morgan fingerprint density at radius 2 is 2.04 bits per heavy atom. The molecule has 1 aliphatic rings. The summed E-state index contributed by atoms with van der Waals surface area (Å²) in [6.07, 6.45) is 2.47. The fraction of sp³-hybridized carbons (Fsp3) is 0.529. The van der Waals surface area contributed by atoms with E-state index in [-0.39, 0.29) is 0 Å². The zero-order valence-corrected chi connectivity index (χ0v) is 15.3. The number of anilines is 1. The van der Waals surface area contributed by atoms with Crippen LogP contribution in [0.4, 0.5) is 5.82 Å². The van der Waals surface area contributed by atoms with Crippen molar-refractivity contribution in [1.82, 2.24) is 15.1 Å². The van der Waals surface area contributed by atoms with Crippen LogP contribution in [-0.4, -0.2) is 34.7 Å². The standard InChI is InChI=1S/C17H23ClN4S/c1-12-9-15(23-13(12)2)11-22-7-5-14(6-8-22)10-19-17-4-3-16(18)20-21-17/h3-4,9,14H,5-8,10-11H2,1-2H3,(H,19,21). The van der Waals surface area contributed by atoms with E-state index in [2.05, 4.69) is 40.3 Å². The van der Waals surface area contributed by atoms with Gasteiger partial charge in [-0.2, -0.15) is 0 Å². The number of aromatic nitrogens is 2. The summed E-state index contributed by atoms with van der Waals surface area (Å²) in [5.74, 6) is 1.51. The summed E-state index contributed by atoms with van der Waals surface area (Å²) in [6.45, 7) is 8.82. The molecule has 1 saturated heterocycles. The van der Waals surface area contributed by atoms with Crippen LogP contribution in [0.3, 0.4) is 0 Å². The SMILES string of the molecule is Cc1cc(CN2CCC(CNc3ccc(Cl)nn3)CC2)sc1C. The van der Waals surface area contributed by atoms with Gasteiger partial charge in [0, 0.05) is 22.8 Å². The molecule has 2 aromatic heterocycles. The predicted octanol–water partition coefficient (Wildman–Crippen LogP) is 4.13. The molecule has 0 aromatic carbocycles. The summed E-state index contributed by atoms with van der Waals surface area (Å²) in [5.41, 5.74) is 1.42. The van der Waals surface area contributed by atoms with Crippen molar-refractivity contribution in [3.8, 4) is 0 Å². The molecular weight excluding hydrogens is 328 g/mol. The van der Waals surface area contributed by atoms with Gasteiger partial charge in [-0.1, -0.05) is 11.6 Å². The monoisotopic (exact) mass is 350 g/mol. The average Bonchev–Trinajstić information content (AvgIpc) is 2.86. The molecule has 0 amide bonds. The summed E-state index contributed by atoms with van der Waals surface area (Å²) < 4.78 is 0. The number of thiophene rings is 1. The van der Waals surface area contributed by atoms with Crippen molar-refractivity contribution in [2.75, 3.05) is 25.0 Å². The summed E-state index contributed by atoms with van der Waals surface area (Å²) >= 11 is 7.69. The van der Waals surface area contributed by atoms with Crippen molar-refractivity contribution in [1.29, 1.82) is 0 Å². The largest absolute Gasteiger partial charge is 0.368 e. The van der Waals surface area contributed by atoms with Gasteiger partial charge in [-0.15, -0.1) is 21.5 Å². The van der Waals surface area contributed by atoms with Crippen LogP contribution in [0.15, 0.2) is 18.2 Å². The van der Waals surface area contributed by atoms with Crippen LogP contribution in [0.2, 0.25) is 5.15 Å². The highest BCUT2D eigenvalue weighted by molar-refractivity contribution is 7.12. The van der Waals surface area contributed by atoms with Crippen LogP contribution in [-0.2, 0) is 6.54 Å².